The average molecular weight is 355 g/mol. The van der Waals surface area contributed by atoms with Crippen LogP contribution in [0.3, 0.4) is 0 Å². The first-order valence-corrected chi connectivity index (χ1v) is 9.17. The average Bonchev–Trinajstić information content (AvgIpc) is 2.61. The van der Waals surface area contributed by atoms with Crippen molar-refractivity contribution in [3.63, 3.8) is 0 Å². The monoisotopic (exact) mass is 355 g/mol. The Kier molecular flexibility index (Phi) is 7.67. The molecule has 0 aromatic heterocycles. The maximum Gasteiger partial charge on any atom is 0.255 e. The molecule has 0 aliphatic rings. The molecule has 4 nitrogen and oxygen atoms in total. The van der Waals surface area contributed by atoms with Gasteiger partial charge in [0.25, 0.3) is 5.91 Å². The van der Waals surface area contributed by atoms with Gasteiger partial charge in [-0.1, -0.05) is 29.8 Å². The van der Waals surface area contributed by atoms with Crippen LogP contribution in [0.15, 0.2) is 36.4 Å². The third-order valence-electron chi connectivity index (χ3n) is 4.32. The standard InChI is InChI=1S/C22H29NO3/c1-5-25-12-13-26-21-9-7-6-8-20(21)22(24)23-11-10-19-17(3)14-16(2)15-18(19)4/h6-9,14-15H,5,10-13H2,1-4H3,(H,23,24). The van der Waals surface area contributed by atoms with Crippen LogP contribution in [0.4, 0.5) is 0 Å². The third kappa shape index (κ3) is 5.60. The van der Waals surface area contributed by atoms with E-state index in [1.165, 1.54) is 22.3 Å². The number of hydrogen-bond donors (Lipinski definition) is 1. The Morgan fingerprint density at radius 1 is 1.04 bits per heavy atom. The minimum atomic E-state index is -0.112. The molecule has 0 spiro atoms. The zero-order chi connectivity index (χ0) is 18.9. The van der Waals surface area contributed by atoms with Gasteiger partial charge in [-0.05, 0) is 62.9 Å². The Hall–Kier alpha value is -2.33. The number of benzene rings is 2. The number of carbonyl (C=O) groups excluding carboxylic acids is 1. The van der Waals surface area contributed by atoms with Crippen LogP contribution in [0.5, 0.6) is 5.75 Å². The van der Waals surface area contributed by atoms with Gasteiger partial charge in [-0.15, -0.1) is 0 Å². The fraction of sp³-hybridized carbons (Fsp3) is 0.409. The maximum atomic E-state index is 12.5. The topological polar surface area (TPSA) is 47.6 Å². The summed E-state index contributed by atoms with van der Waals surface area (Å²) in [7, 11) is 0. The van der Waals surface area contributed by atoms with Gasteiger partial charge in [0.2, 0.25) is 0 Å². The van der Waals surface area contributed by atoms with Crippen LogP contribution < -0.4 is 10.1 Å². The molecule has 0 aliphatic carbocycles. The summed E-state index contributed by atoms with van der Waals surface area (Å²) in [5, 5.41) is 3.01. The number of ether oxygens (including phenoxy) is 2. The van der Waals surface area contributed by atoms with Gasteiger partial charge < -0.3 is 14.8 Å². The van der Waals surface area contributed by atoms with Crippen LogP contribution in [0.2, 0.25) is 0 Å². The zero-order valence-electron chi connectivity index (χ0n) is 16.2. The van der Waals surface area contributed by atoms with E-state index < -0.39 is 0 Å². The predicted molar refractivity (Wildman–Crippen MR) is 105 cm³/mol. The highest BCUT2D eigenvalue weighted by atomic mass is 16.5. The molecule has 2 aromatic carbocycles. The first kappa shape index (κ1) is 20.0. The van der Waals surface area contributed by atoms with Crippen LogP contribution in [0.1, 0.15) is 39.5 Å². The van der Waals surface area contributed by atoms with Crippen LogP contribution in [0.25, 0.3) is 0 Å². The van der Waals surface area contributed by atoms with Crippen molar-refractivity contribution in [3.8, 4) is 5.75 Å². The van der Waals surface area contributed by atoms with E-state index >= 15 is 0 Å². The maximum absolute atomic E-state index is 12.5. The molecule has 1 amide bonds. The molecule has 26 heavy (non-hydrogen) atoms. The van der Waals surface area contributed by atoms with Gasteiger partial charge in [-0.3, -0.25) is 4.79 Å². The minimum Gasteiger partial charge on any atom is -0.490 e. The molecule has 1 N–H and O–H groups in total. The highest BCUT2D eigenvalue weighted by Gasteiger charge is 2.12. The summed E-state index contributed by atoms with van der Waals surface area (Å²) < 4.78 is 11.0. The van der Waals surface area contributed by atoms with Crippen molar-refractivity contribution in [1.29, 1.82) is 0 Å². The summed E-state index contributed by atoms with van der Waals surface area (Å²) in [5.74, 6) is 0.479. The van der Waals surface area contributed by atoms with Gasteiger partial charge in [-0.25, -0.2) is 0 Å². The van der Waals surface area contributed by atoms with E-state index in [1.54, 1.807) is 6.07 Å². The van der Waals surface area contributed by atoms with Crippen molar-refractivity contribution < 1.29 is 14.3 Å². The Labute approximate surface area is 156 Å². The molecule has 0 bridgehead atoms. The van der Waals surface area contributed by atoms with Crippen LogP contribution in [-0.4, -0.2) is 32.3 Å². The Balaban J connectivity index is 1.94. The molecule has 0 saturated carbocycles. The smallest absolute Gasteiger partial charge is 0.255 e. The zero-order valence-corrected chi connectivity index (χ0v) is 16.2. The Bertz CT molecular complexity index is 717. The molecule has 0 saturated heterocycles. The third-order valence-corrected chi connectivity index (χ3v) is 4.32. The molecule has 4 heteroatoms. The predicted octanol–water partition coefficient (Wildman–Crippen LogP) is 4.00. The largest absolute Gasteiger partial charge is 0.490 e. The Morgan fingerprint density at radius 3 is 2.42 bits per heavy atom. The summed E-state index contributed by atoms with van der Waals surface area (Å²) >= 11 is 0. The van der Waals surface area contributed by atoms with E-state index in [1.807, 2.05) is 25.1 Å². The van der Waals surface area contributed by atoms with Crippen molar-refractivity contribution in [2.24, 2.45) is 0 Å². The van der Waals surface area contributed by atoms with Gasteiger partial charge in [-0.2, -0.15) is 0 Å². The van der Waals surface area contributed by atoms with E-state index in [0.717, 1.165) is 6.42 Å². The molecule has 0 aliphatic heterocycles. The summed E-state index contributed by atoms with van der Waals surface area (Å²) in [6.07, 6.45) is 0.817. The van der Waals surface area contributed by atoms with Crippen molar-refractivity contribution in [3.05, 3.63) is 64.2 Å². The Morgan fingerprint density at radius 2 is 1.73 bits per heavy atom. The second-order valence-corrected chi connectivity index (χ2v) is 6.42. The number of para-hydroxylation sites is 1. The lowest BCUT2D eigenvalue weighted by Gasteiger charge is -2.14. The van der Waals surface area contributed by atoms with Crippen molar-refractivity contribution >= 4 is 5.91 Å². The number of aryl methyl sites for hydroxylation is 3. The van der Waals surface area contributed by atoms with Crippen LogP contribution >= 0.6 is 0 Å². The molecule has 0 radical (unpaired) electrons. The number of hydrogen-bond acceptors (Lipinski definition) is 3. The van der Waals surface area contributed by atoms with E-state index in [2.05, 4.69) is 38.2 Å². The lowest BCUT2D eigenvalue weighted by molar-refractivity contribution is 0.0937. The minimum absolute atomic E-state index is 0.112. The second-order valence-electron chi connectivity index (χ2n) is 6.42. The summed E-state index contributed by atoms with van der Waals surface area (Å²) in [5.41, 5.74) is 5.68. The first-order valence-electron chi connectivity index (χ1n) is 9.17. The highest BCUT2D eigenvalue weighted by molar-refractivity contribution is 5.96. The summed E-state index contributed by atoms with van der Waals surface area (Å²) in [6, 6.07) is 11.7. The molecule has 0 heterocycles. The van der Waals surface area contributed by atoms with Crippen molar-refractivity contribution in [2.75, 3.05) is 26.4 Å². The fourth-order valence-electron chi connectivity index (χ4n) is 3.14. The van der Waals surface area contributed by atoms with Crippen LogP contribution in [-0.2, 0) is 11.2 Å². The van der Waals surface area contributed by atoms with E-state index in [4.69, 9.17) is 9.47 Å². The molecule has 2 rings (SSSR count). The molecule has 0 atom stereocenters. The highest BCUT2D eigenvalue weighted by Crippen LogP contribution is 2.19. The summed E-state index contributed by atoms with van der Waals surface area (Å²) in [6.45, 7) is 10.5. The van der Waals surface area contributed by atoms with Crippen molar-refractivity contribution in [1.82, 2.24) is 5.32 Å². The van der Waals surface area contributed by atoms with Gasteiger partial charge in [0, 0.05) is 13.2 Å². The quantitative estimate of drug-likeness (QED) is 0.692. The van der Waals surface area contributed by atoms with Crippen molar-refractivity contribution in [2.45, 2.75) is 34.1 Å². The van der Waals surface area contributed by atoms with Crippen LogP contribution in [0, 0.1) is 20.8 Å². The SMILES string of the molecule is CCOCCOc1ccccc1C(=O)NCCc1c(C)cc(C)cc1C. The summed E-state index contributed by atoms with van der Waals surface area (Å²) in [4.78, 5) is 12.5. The van der Waals surface area contributed by atoms with Gasteiger partial charge in [0.05, 0.1) is 12.2 Å². The van der Waals surface area contributed by atoms with E-state index in [9.17, 15) is 4.79 Å². The molecule has 0 unspecified atom stereocenters. The lowest BCUT2D eigenvalue weighted by Crippen LogP contribution is -2.26. The molecule has 140 valence electrons. The van der Waals surface area contributed by atoms with E-state index in [0.29, 0.717) is 37.7 Å². The molecular formula is C22H29NO3. The van der Waals surface area contributed by atoms with E-state index in [-0.39, 0.29) is 5.91 Å². The number of carbonyl (C=O) groups is 1. The second kappa shape index (κ2) is 9.97. The first-order chi connectivity index (χ1) is 12.5. The molecule has 2 aromatic rings. The number of amides is 1. The number of nitrogens with one attached hydrogen (secondary N) is 1. The van der Waals surface area contributed by atoms with Gasteiger partial charge in [0.1, 0.15) is 12.4 Å². The number of rotatable bonds is 9. The van der Waals surface area contributed by atoms with Gasteiger partial charge >= 0.3 is 0 Å². The fourth-order valence-corrected chi connectivity index (χ4v) is 3.14. The normalized spacial score (nSPS) is 10.6. The molecular weight excluding hydrogens is 326 g/mol. The molecule has 0 fully saturated rings. The lowest BCUT2D eigenvalue weighted by atomic mass is 9.97. The van der Waals surface area contributed by atoms with Gasteiger partial charge in [0.15, 0.2) is 0 Å².